The average Bonchev–Trinajstić information content (AvgIpc) is 1.89. The van der Waals surface area contributed by atoms with Crippen molar-refractivity contribution in [1.29, 1.82) is 5.26 Å². The molecule has 0 fully saturated rings. The van der Waals surface area contributed by atoms with E-state index in [9.17, 15) is 0 Å². The molecule has 0 unspecified atom stereocenters. The molecule has 0 aromatic heterocycles. The molecule has 0 atom stereocenters. The highest BCUT2D eigenvalue weighted by Crippen LogP contribution is 1.94. The molecule has 0 N–H and O–H groups in total. The van der Waals surface area contributed by atoms with Crippen LogP contribution in [0.25, 0.3) is 0 Å². The molecule has 0 saturated heterocycles. The van der Waals surface area contributed by atoms with Gasteiger partial charge in [0.2, 0.25) is 0 Å². The highest BCUT2D eigenvalue weighted by Gasteiger charge is 1.76. The van der Waals surface area contributed by atoms with Crippen LogP contribution >= 0.6 is 0 Å². The number of unbranched alkanes of at least 4 members (excludes halogenated alkanes) is 2. The zero-order valence-corrected chi connectivity index (χ0v) is 5.93. The lowest BCUT2D eigenvalue weighted by atomic mass is 10.2. The van der Waals surface area contributed by atoms with Crippen molar-refractivity contribution in [2.75, 3.05) is 0 Å². The maximum atomic E-state index is 8.12. The Morgan fingerprint density at radius 1 is 1.44 bits per heavy atom. The Labute approximate surface area is 57.0 Å². The SMILES string of the molecule is CCCCC=CCC#N. The van der Waals surface area contributed by atoms with Crippen molar-refractivity contribution in [2.45, 2.75) is 32.6 Å². The molecule has 50 valence electrons. The molecule has 0 aliphatic carbocycles. The van der Waals surface area contributed by atoms with Crippen LogP contribution in [-0.4, -0.2) is 0 Å². The van der Waals surface area contributed by atoms with Gasteiger partial charge in [0.1, 0.15) is 0 Å². The van der Waals surface area contributed by atoms with Crippen LogP contribution in [0.2, 0.25) is 0 Å². The Kier molecular flexibility index (Phi) is 6.61. The fourth-order valence-electron chi connectivity index (χ4n) is 0.576. The number of hydrogen-bond donors (Lipinski definition) is 0. The first kappa shape index (κ1) is 8.23. The first-order valence-electron chi connectivity index (χ1n) is 3.43. The van der Waals surface area contributed by atoms with E-state index < -0.39 is 0 Å². The van der Waals surface area contributed by atoms with Gasteiger partial charge >= 0.3 is 0 Å². The number of nitriles is 1. The van der Waals surface area contributed by atoms with Gasteiger partial charge in [-0.3, -0.25) is 0 Å². The summed E-state index contributed by atoms with van der Waals surface area (Å²) in [5, 5.41) is 8.12. The van der Waals surface area contributed by atoms with Crippen LogP contribution in [0.15, 0.2) is 12.2 Å². The molecule has 0 aliphatic heterocycles. The molecule has 0 saturated carbocycles. The molecular formula is C8H13N. The van der Waals surface area contributed by atoms with E-state index in [-0.39, 0.29) is 0 Å². The second-order valence-corrected chi connectivity index (χ2v) is 1.98. The van der Waals surface area contributed by atoms with Crippen molar-refractivity contribution in [3.63, 3.8) is 0 Å². The maximum absolute atomic E-state index is 8.12. The molecule has 0 radical (unpaired) electrons. The van der Waals surface area contributed by atoms with Crippen LogP contribution in [0.4, 0.5) is 0 Å². The van der Waals surface area contributed by atoms with Gasteiger partial charge in [-0.05, 0) is 6.42 Å². The van der Waals surface area contributed by atoms with Crippen molar-refractivity contribution >= 4 is 0 Å². The minimum Gasteiger partial charge on any atom is -0.198 e. The zero-order chi connectivity index (χ0) is 6.95. The van der Waals surface area contributed by atoms with Gasteiger partial charge < -0.3 is 0 Å². The molecule has 1 nitrogen and oxygen atoms in total. The number of rotatable bonds is 4. The van der Waals surface area contributed by atoms with Crippen molar-refractivity contribution in [3.8, 4) is 6.07 Å². The lowest BCUT2D eigenvalue weighted by Gasteiger charge is -1.84. The lowest BCUT2D eigenvalue weighted by molar-refractivity contribution is 0.813. The van der Waals surface area contributed by atoms with Gasteiger partial charge in [-0.1, -0.05) is 31.9 Å². The van der Waals surface area contributed by atoms with E-state index in [1.165, 1.54) is 12.8 Å². The van der Waals surface area contributed by atoms with Gasteiger partial charge in [-0.25, -0.2) is 0 Å². The summed E-state index contributed by atoms with van der Waals surface area (Å²) in [7, 11) is 0. The number of hydrogen-bond acceptors (Lipinski definition) is 1. The Morgan fingerprint density at radius 2 is 2.22 bits per heavy atom. The standard InChI is InChI=1S/C8H13N/c1-2-3-4-5-6-7-8-9/h5-6H,2-4,7H2,1H3. The molecule has 0 spiro atoms. The molecule has 0 aromatic carbocycles. The summed E-state index contributed by atoms with van der Waals surface area (Å²) in [4.78, 5) is 0. The molecule has 0 amide bonds. The molecule has 0 rings (SSSR count). The summed E-state index contributed by atoms with van der Waals surface area (Å²) in [5.74, 6) is 0. The van der Waals surface area contributed by atoms with Crippen molar-refractivity contribution in [2.24, 2.45) is 0 Å². The van der Waals surface area contributed by atoms with Crippen molar-refractivity contribution < 1.29 is 0 Å². The topological polar surface area (TPSA) is 23.8 Å². The van der Waals surface area contributed by atoms with Crippen LogP contribution in [0.3, 0.4) is 0 Å². The van der Waals surface area contributed by atoms with Crippen LogP contribution in [0.5, 0.6) is 0 Å². The molecule has 0 aromatic rings. The van der Waals surface area contributed by atoms with E-state index >= 15 is 0 Å². The van der Waals surface area contributed by atoms with Crippen LogP contribution < -0.4 is 0 Å². The van der Waals surface area contributed by atoms with Crippen LogP contribution in [0.1, 0.15) is 32.6 Å². The molecular weight excluding hydrogens is 110 g/mol. The first-order chi connectivity index (χ1) is 4.41. The van der Waals surface area contributed by atoms with E-state index in [0.717, 1.165) is 6.42 Å². The second kappa shape index (κ2) is 7.23. The summed E-state index contributed by atoms with van der Waals surface area (Å²) in [6, 6.07) is 2.06. The summed E-state index contributed by atoms with van der Waals surface area (Å²) >= 11 is 0. The average molecular weight is 123 g/mol. The lowest BCUT2D eigenvalue weighted by Crippen LogP contribution is -1.65. The van der Waals surface area contributed by atoms with Gasteiger partial charge in [0.15, 0.2) is 0 Å². The third-order valence-electron chi connectivity index (χ3n) is 1.10. The summed E-state index contributed by atoms with van der Waals surface area (Å²) < 4.78 is 0. The Bertz CT molecular complexity index is 108. The van der Waals surface area contributed by atoms with E-state index in [0.29, 0.717) is 6.42 Å². The predicted octanol–water partition coefficient (Wildman–Crippen LogP) is 2.65. The minimum absolute atomic E-state index is 0.559. The second-order valence-electron chi connectivity index (χ2n) is 1.98. The third-order valence-corrected chi connectivity index (χ3v) is 1.10. The smallest absolute Gasteiger partial charge is 0.0663 e. The quantitative estimate of drug-likeness (QED) is 0.416. The normalized spacial score (nSPS) is 9.78. The van der Waals surface area contributed by atoms with Crippen LogP contribution in [-0.2, 0) is 0 Å². The fourth-order valence-corrected chi connectivity index (χ4v) is 0.576. The molecule has 1 heteroatoms. The maximum Gasteiger partial charge on any atom is 0.0663 e. The van der Waals surface area contributed by atoms with Crippen molar-refractivity contribution in [3.05, 3.63) is 12.2 Å². The monoisotopic (exact) mass is 123 g/mol. The predicted molar refractivity (Wildman–Crippen MR) is 38.9 cm³/mol. The van der Waals surface area contributed by atoms with Crippen molar-refractivity contribution in [1.82, 2.24) is 0 Å². The van der Waals surface area contributed by atoms with E-state index in [4.69, 9.17) is 5.26 Å². The minimum atomic E-state index is 0.559. The van der Waals surface area contributed by atoms with E-state index in [1.807, 2.05) is 6.08 Å². The largest absolute Gasteiger partial charge is 0.198 e. The molecule has 0 aliphatic rings. The summed E-state index contributed by atoms with van der Waals surface area (Å²) in [5.41, 5.74) is 0. The molecule has 0 bridgehead atoms. The van der Waals surface area contributed by atoms with Gasteiger partial charge in [0, 0.05) is 0 Å². The Balaban J connectivity index is 2.97. The fraction of sp³-hybridized carbons (Fsp3) is 0.625. The molecule has 0 heterocycles. The summed E-state index contributed by atoms with van der Waals surface area (Å²) in [6.45, 7) is 2.16. The van der Waals surface area contributed by atoms with E-state index in [2.05, 4.69) is 19.1 Å². The third kappa shape index (κ3) is 7.23. The Hall–Kier alpha value is -0.770. The van der Waals surface area contributed by atoms with Crippen LogP contribution in [0, 0.1) is 11.3 Å². The summed E-state index contributed by atoms with van der Waals surface area (Å²) in [6.07, 6.45) is 8.16. The zero-order valence-electron chi connectivity index (χ0n) is 5.93. The Morgan fingerprint density at radius 3 is 2.78 bits per heavy atom. The first-order valence-corrected chi connectivity index (χ1v) is 3.43. The van der Waals surface area contributed by atoms with Gasteiger partial charge in [-0.15, -0.1) is 0 Å². The molecule has 9 heavy (non-hydrogen) atoms. The highest BCUT2D eigenvalue weighted by atomic mass is 14.2. The van der Waals surface area contributed by atoms with E-state index in [1.54, 1.807) is 0 Å². The number of allylic oxidation sites excluding steroid dienone is 2. The number of nitrogens with zero attached hydrogens (tertiary/aromatic N) is 1. The van der Waals surface area contributed by atoms with Gasteiger partial charge in [0.05, 0.1) is 12.5 Å². The van der Waals surface area contributed by atoms with Gasteiger partial charge in [-0.2, -0.15) is 5.26 Å². The van der Waals surface area contributed by atoms with Gasteiger partial charge in [0.25, 0.3) is 0 Å². The highest BCUT2D eigenvalue weighted by molar-refractivity contribution is 4.90.